The highest BCUT2D eigenvalue weighted by Crippen LogP contribution is 2.19. The molecule has 0 aliphatic heterocycles. The first-order valence-corrected chi connectivity index (χ1v) is 7.68. The molecule has 7 heteroatoms. The molecule has 1 aromatic carbocycles. The zero-order valence-corrected chi connectivity index (χ0v) is 13.0. The summed E-state index contributed by atoms with van der Waals surface area (Å²) in [6.07, 6.45) is 5.97. The molecule has 0 atom stereocenters. The number of anilines is 1. The first-order valence-electron chi connectivity index (χ1n) is 6.89. The van der Waals surface area contributed by atoms with Crippen LogP contribution in [0.15, 0.2) is 18.2 Å². The van der Waals surface area contributed by atoms with Crippen LogP contribution in [-0.2, 0) is 0 Å². The van der Waals surface area contributed by atoms with Gasteiger partial charge < -0.3 is 15.2 Å². The van der Waals surface area contributed by atoms with E-state index in [4.69, 9.17) is 23.8 Å². The molecule has 21 heavy (non-hydrogen) atoms. The number of carboxylic acids is 1. The van der Waals surface area contributed by atoms with Crippen molar-refractivity contribution in [3.63, 3.8) is 0 Å². The molecule has 114 valence electrons. The zero-order valence-electron chi connectivity index (χ0n) is 11.4. The normalized spacial score (nSPS) is 15.3. The fourth-order valence-electron chi connectivity index (χ4n) is 2.36. The topological polar surface area (TPSA) is 76.2 Å². The van der Waals surface area contributed by atoms with E-state index >= 15 is 0 Å². The first kappa shape index (κ1) is 15.9. The van der Waals surface area contributed by atoms with Crippen LogP contribution in [0.2, 0.25) is 5.02 Å². The highest BCUT2D eigenvalue weighted by atomic mass is 35.5. The average Bonchev–Trinajstić information content (AvgIpc) is 2.47. The Morgan fingerprint density at radius 1 is 1.29 bits per heavy atom. The van der Waals surface area contributed by atoms with Gasteiger partial charge in [-0.05, 0) is 43.3 Å². The molecule has 1 fully saturated rings. The van der Waals surface area contributed by atoms with Gasteiger partial charge >= 0.3 is 0 Å². The van der Waals surface area contributed by atoms with Crippen LogP contribution in [0.1, 0.15) is 42.5 Å². The fraction of sp³-hybridized carbons (Fsp3) is 0.429. The van der Waals surface area contributed by atoms with Gasteiger partial charge in [-0.25, -0.2) is 0 Å². The van der Waals surface area contributed by atoms with E-state index in [9.17, 15) is 9.90 Å². The molecule has 2 rings (SSSR count). The quantitative estimate of drug-likeness (QED) is 0.579. The lowest BCUT2D eigenvalue weighted by Gasteiger charge is -2.24. The summed E-state index contributed by atoms with van der Waals surface area (Å²) < 4.78 is 0. The lowest BCUT2D eigenvalue weighted by Crippen LogP contribution is -2.44. The maximum absolute atomic E-state index is 10.9. The smallest absolute Gasteiger partial charge is 0.185 e. The van der Waals surface area contributed by atoms with Crippen molar-refractivity contribution >= 4 is 40.6 Å². The third kappa shape index (κ3) is 4.75. The SMILES string of the molecule is O=C([O-])c1cc(NNC(=S)NC2CCCCC2)ccc1Cl. The van der Waals surface area contributed by atoms with Gasteiger partial charge in [-0.15, -0.1) is 0 Å². The van der Waals surface area contributed by atoms with Crippen molar-refractivity contribution in [2.45, 2.75) is 38.1 Å². The van der Waals surface area contributed by atoms with Gasteiger partial charge in [0.05, 0.1) is 11.7 Å². The highest BCUT2D eigenvalue weighted by molar-refractivity contribution is 7.80. The van der Waals surface area contributed by atoms with E-state index in [-0.39, 0.29) is 10.6 Å². The molecule has 0 amide bonds. The number of benzene rings is 1. The number of carbonyl (C=O) groups is 1. The van der Waals surface area contributed by atoms with Gasteiger partial charge in [0, 0.05) is 16.6 Å². The minimum absolute atomic E-state index is 0.0605. The van der Waals surface area contributed by atoms with Crippen LogP contribution in [0.4, 0.5) is 5.69 Å². The number of hydrazine groups is 1. The third-order valence-corrected chi connectivity index (χ3v) is 4.00. The molecule has 1 aromatic rings. The van der Waals surface area contributed by atoms with Crippen molar-refractivity contribution in [1.29, 1.82) is 0 Å². The van der Waals surface area contributed by atoms with Crippen LogP contribution in [0.3, 0.4) is 0 Å². The summed E-state index contributed by atoms with van der Waals surface area (Å²) in [5.41, 5.74) is 6.19. The summed E-state index contributed by atoms with van der Waals surface area (Å²) in [6.45, 7) is 0. The summed E-state index contributed by atoms with van der Waals surface area (Å²) in [4.78, 5) is 10.9. The van der Waals surface area contributed by atoms with Crippen LogP contribution >= 0.6 is 23.8 Å². The van der Waals surface area contributed by atoms with Gasteiger partial charge in [0.1, 0.15) is 0 Å². The predicted octanol–water partition coefficient (Wildman–Crippen LogP) is 1.83. The molecule has 1 aliphatic rings. The number of rotatable bonds is 4. The molecule has 5 nitrogen and oxygen atoms in total. The van der Waals surface area contributed by atoms with E-state index in [0.717, 1.165) is 12.8 Å². The number of thiocarbonyl (C=S) groups is 1. The van der Waals surface area contributed by atoms with Crippen LogP contribution in [0.5, 0.6) is 0 Å². The highest BCUT2D eigenvalue weighted by Gasteiger charge is 2.13. The predicted molar refractivity (Wildman–Crippen MR) is 85.1 cm³/mol. The van der Waals surface area contributed by atoms with Gasteiger partial charge in [-0.2, -0.15) is 0 Å². The monoisotopic (exact) mass is 326 g/mol. The molecule has 1 aliphatic carbocycles. The second kappa shape index (κ2) is 7.47. The van der Waals surface area contributed by atoms with Crippen molar-refractivity contribution < 1.29 is 9.90 Å². The Balaban J connectivity index is 1.86. The second-order valence-electron chi connectivity index (χ2n) is 5.04. The third-order valence-electron chi connectivity index (χ3n) is 3.45. The van der Waals surface area contributed by atoms with Crippen molar-refractivity contribution in [3.05, 3.63) is 28.8 Å². The molecular weight excluding hydrogens is 310 g/mol. The number of aromatic carboxylic acids is 1. The molecule has 0 bridgehead atoms. The van der Waals surface area contributed by atoms with Crippen LogP contribution in [0, 0.1) is 0 Å². The van der Waals surface area contributed by atoms with Crippen LogP contribution in [0.25, 0.3) is 0 Å². The van der Waals surface area contributed by atoms with Crippen molar-refractivity contribution in [2.75, 3.05) is 5.43 Å². The van der Waals surface area contributed by atoms with E-state index in [1.807, 2.05) is 0 Å². The van der Waals surface area contributed by atoms with E-state index in [2.05, 4.69) is 16.2 Å². The molecule has 3 N–H and O–H groups in total. The zero-order chi connectivity index (χ0) is 15.2. The summed E-state index contributed by atoms with van der Waals surface area (Å²) in [6, 6.07) is 4.96. The minimum atomic E-state index is -1.31. The molecule has 0 unspecified atom stereocenters. The van der Waals surface area contributed by atoms with Gasteiger partial charge in [0.15, 0.2) is 5.11 Å². The fourth-order valence-corrected chi connectivity index (χ4v) is 2.77. The minimum Gasteiger partial charge on any atom is -0.545 e. The number of halogens is 1. The Bertz CT molecular complexity index is 533. The van der Waals surface area contributed by atoms with Crippen molar-refractivity contribution in [2.24, 2.45) is 0 Å². The Kier molecular flexibility index (Phi) is 5.64. The number of nitrogens with one attached hydrogen (secondary N) is 3. The van der Waals surface area contributed by atoms with Gasteiger partial charge in [0.25, 0.3) is 0 Å². The molecule has 0 spiro atoms. The van der Waals surface area contributed by atoms with E-state index in [1.54, 1.807) is 6.07 Å². The summed E-state index contributed by atoms with van der Waals surface area (Å²) in [5, 5.41) is 14.8. The Morgan fingerprint density at radius 3 is 2.67 bits per heavy atom. The average molecular weight is 327 g/mol. The number of carboxylic acid groups (broad SMARTS) is 1. The standard InChI is InChI=1S/C14H18ClN3O2S/c15-12-7-6-10(8-11(12)13(19)20)17-18-14(21)16-9-4-2-1-3-5-9/h6-9,17H,1-5H2,(H,19,20)(H2,16,18,21)/p-1. The maximum atomic E-state index is 10.9. The summed E-state index contributed by atoms with van der Waals surface area (Å²) >= 11 is 11.0. The van der Waals surface area contributed by atoms with E-state index in [1.165, 1.54) is 31.4 Å². The Morgan fingerprint density at radius 2 is 2.00 bits per heavy atom. The molecule has 0 aromatic heterocycles. The molecule has 0 saturated heterocycles. The van der Waals surface area contributed by atoms with Crippen molar-refractivity contribution in [1.82, 2.24) is 10.7 Å². The molecule has 0 heterocycles. The molecular formula is C14H17ClN3O2S-. The van der Waals surface area contributed by atoms with E-state index < -0.39 is 5.97 Å². The van der Waals surface area contributed by atoms with E-state index in [0.29, 0.717) is 16.8 Å². The van der Waals surface area contributed by atoms with Gasteiger partial charge in [0.2, 0.25) is 0 Å². The first-order chi connectivity index (χ1) is 10.1. The number of hydrogen-bond acceptors (Lipinski definition) is 4. The Labute approximate surface area is 134 Å². The lowest BCUT2D eigenvalue weighted by molar-refractivity contribution is -0.255. The Hall–Kier alpha value is -1.53. The molecule has 1 saturated carbocycles. The largest absolute Gasteiger partial charge is 0.545 e. The number of hydrogen-bond donors (Lipinski definition) is 3. The van der Waals surface area contributed by atoms with Crippen LogP contribution in [-0.4, -0.2) is 17.1 Å². The lowest BCUT2D eigenvalue weighted by atomic mass is 9.96. The summed E-state index contributed by atoms with van der Waals surface area (Å²) in [5.74, 6) is -1.31. The summed E-state index contributed by atoms with van der Waals surface area (Å²) in [7, 11) is 0. The van der Waals surface area contributed by atoms with Crippen molar-refractivity contribution in [3.8, 4) is 0 Å². The van der Waals surface area contributed by atoms with Gasteiger partial charge in [-0.1, -0.05) is 30.9 Å². The molecule has 0 radical (unpaired) electrons. The van der Waals surface area contributed by atoms with Gasteiger partial charge in [-0.3, -0.25) is 10.9 Å². The second-order valence-corrected chi connectivity index (χ2v) is 5.86. The maximum Gasteiger partial charge on any atom is 0.185 e. The van der Waals surface area contributed by atoms with Crippen LogP contribution < -0.4 is 21.3 Å². The number of carbonyl (C=O) groups excluding carboxylic acids is 1.